The molecule has 2 fully saturated rings. The maximum Gasteiger partial charge on any atom is 0.305 e. The number of rotatable bonds is 13. The number of fused-ring (bicyclic) bond motifs is 2. The van der Waals surface area contributed by atoms with E-state index in [4.69, 9.17) is 26.7 Å². The van der Waals surface area contributed by atoms with Gasteiger partial charge in [0.05, 0.1) is 32.8 Å². The molecule has 0 unspecified atom stereocenters. The smallest absolute Gasteiger partial charge is 0.305 e. The van der Waals surface area contributed by atoms with Crippen molar-refractivity contribution in [2.45, 2.75) is 49.9 Å². The maximum absolute atomic E-state index is 13.4. The van der Waals surface area contributed by atoms with Crippen molar-refractivity contribution in [1.82, 2.24) is 26.2 Å². The van der Waals surface area contributed by atoms with Crippen molar-refractivity contribution in [2.24, 2.45) is 22.2 Å². The Kier molecular flexibility index (Phi) is 13.7. The molecule has 41 heavy (non-hydrogen) atoms. The number of guanidine groups is 1. The van der Waals surface area contributed by atoms with Crippen LogP contribution >= 0.6 is 0 Å². The summed E-state index contributed by atoms with van der Waals surface area (Å²) in [5, 5.41) is 19.1. The third kappa shape index (κ3) is 11.5. The summed E-state index contributed by atoms with van der Waals surface area (Å²) in [6.45, 7) is 0.102. The van der Waals surface area contributed by atoms with E-state index < -0.39 is 72.6 Å². The minimum absolute atomic E-state index is 0.0288. The van der Waals surface area contributed by atoms with Gasteiger partial charge in [0.15, 0.2) is 5.96 Å². The molecular formula is C23H39N9O9. The van der Waals surface area contributed by atoms with Crippen LogP contribution in [0.5, 0.6) is 0 Å². The van der Waals surface area contributed by atoms with Gasteiger partial charge in [-0.15, -0.1) is 0 Å². The van der Waals surface area contributed by atoms with Crippen molar-refractivity contribution < 1.29 is 43.3 Å². The molecule has 2 bridgehead atoms. The Bertz CT molecular complexity index is 990. The summed E-state index contributed by atoms with van der Waals surface area (Å²) in [5.74, 6) is -5.02. The molecule has 0 aromatic rings. The molecule has 0 aliphatic carbocycles. The molecule has 2 rings (SSSR count). The SMILES string of the molecule is NCCOCCOCC(=O)N1C[C@@H]2C[C@H]1C(=O)N[C@@H](CCCN=C(N)N)C(=O)NCC(=O)N[C@@H](CC(=O)O)C(=O)N2. The Hall–Kier alpha value is -4.03. The first kappa shape index (κ1) is 33.2. The molecule has 2 heterocycles. The zero-order valence-corrected chi connectivity index (χ0v) is 22.6. The molecule has 0 aromatic heterocycles. The first-order chi connectivity index (χ1) is 19.5. The molecular weight excluding hydrogens is 546 g/mol. The van der Waals surface area contributed by atoms with Gasteiger partial charge < -0.3 is 57.9 Å². The predicted molar refractivity (Wildman–Crippen MR) is 142 cm³/mol. The minimum Gasteiger partial charge on any atom is -0.481 e. The topological polar surface area (TPSA) is 283 Å². The van der Waals surface area contributed by atoms with Crippen molar-refractivity contribution >= 4 is 41.5 Å². The number of aliphatic imine (C=N–C) groups is 1. The van der Waals surface area contributed by atoms with Crippen LogP contribution in [0.4, 0.5) is 0 Å². The summed E-state index contributed by atoms with van der Waals surface area (Å²) < 4.78 is 10.5. The van der Waals surface area contributed by atoms with Crippen LogP contribution in [0.15, 0.2) is 4.99 Å². The van der Waals surface area contributed by atoms with E-state index in [2.05, 4.69) is 26.3 Å². The molecule has 18 nitrogen and oxygen atoms in total. The minimum atomic E-state index is -1.45. The van der Waals surface area contributed by atoms with Crippen LogP contribution < -0.4 is 38.5 Å². The second-order valence-corrected chi connectivity index (χ2v) is 9.40. The van der Waals surface area contributed by atoms with E-state index >= 15 is 0 Å². The van der Waals surface area contributed by atoms with E-state index in [9.17, 15) is 33.9 Å². The number of nitrogens with zero attached hydrogens (tertiary/aromatic N) is 2. The van der Waals surface area contributed by atoms with Crippen LogP contribution in [0.25, 0.3) is 0 Å². The zero-order chi connectivity index (χ0) is 30.4. The number of carboxylic acid groups (broad SMARTS) is 1. The fourth-order valence-corrected chi connectivity index (χ4v) is 4.27. The van der Waals surface area contributed by atoms with Crippen molar-refractivity contribution in [1.29, 1.82) is 0 Å². The summed E-state index contributed by atoms with van der Waals surface area (Å²) in [6, 6.07) is -4.39. The Balaban J connectivity index is 2.25. The predicted octanol–water partition coefficient (Wildman–Crippen LogP) is -5.31. The number of carbonyl (C=O) groups is 6. The van der Waals surface area contributed by atoms with Crippen molar-refractivity contribution in [3.8, 4) is 0 Å². The number of hydrogen-bond donors (Lipinski definition) is 8. The van der Waals surface area contributed by atoms with Gasteiger partial charge in [0.25, 0.3) is 0 Å². The van der Waals surface area contributed by atoms with Gasteiger partial charge in [-0.2, -0.15) is 0 Å². The highest BCUT2D eigenvalue weighted by molar-refractivity contribution is 5.96. The fourth-order valence-electron chi connectivity index (χ4n) is 4.27. The quantitative estimate of drug-likeness (QED) is 0.0571. The summed E-state index contributed by atoms with van der Waals surface area (Å²) in [4.78, 5) is 81.0. The normalized spacial score (nSPS) is 23.5. The van der Waals surface area contributed by atoms with Crippen LogP contribution in [0.1, 0.15) is 25.7 Å². The maximum atomic E-state index is 13.4. The Morgan fingerprint density at radius 2 is 1.71 bits per heavy atom. The summed E-state index contributed by atoms with van der Waals surface area (Å²) in [6.07, 6.45) is -0.350. The molecule has 0 radical (unpaired) electrons. The van der Waals surface area contributed by atoms with Crippen LogP contribution in [-0.2, 0) is 38.2 Å². The number of aliphatic carboxylic acids is 1. The van der Waals surface area contributed by atoms with Gasteiger partial charge in [0.1, 0.15) is 24.7 Å². The van der Waals surface area contributed by atoms with Crippen LogP contribution in [0, 0.1) is 0 Å². The van der Waals surface area contributed by atoms with Crippen molar-refractivity contribution in [2.75, 3.05) is 52.6 Å². The summed E-state index contributed by atoms with van der Waals surface area (Å²) >= 11 is 0. The van der Waals surface area contributed by atoms with Crippen LogP contribution in [0.3, 0.4) is 0 Å². The molecule has 0 aromatic carbocycles. The van der Waals surface area contributed by atoms with E-state index in [1.807, 2.05) is 0 Å². The molecule has 2 saturated heterocycles. The van der Waals surface area contributed by atoms with E-state index in [0.717, 1.165) is 0 Å². The first-order valence-corrected chi connectivity index (χ1v) is 13.1. The van der Waals surface area contributed by atoms with Crippen LogP contribution in [0.2, 0.25) is 0 Å². The molecule has 18 heteroatoms. The largest absolute Gasteiger partial charge is 0.481 e. The van der Waals surface area contributed by atoms with Crippen LogP contribution in [-0.4, -0.2) is 128 Å². The van der Waals surface area contributed by atoms with Crippen molar-refractivity contribution in [3.63, 3.8) is 0 Å². The number of ether oxygens (including phenoxy) is 2. The monoisotopic (exact) mass is 585 g/mol. The second kappa shape index (κ2) is 16.9. The molecule has 2 aliphatic rings. The van der Waals surface area contributed by atoms with Gasteiger partial charge in [0.2, 0.25) is 29.5 Å². The lowest BCUT2D eigenvalue weighted by Gasteiger charge is -2.26. The Morgan fingerprint density at radius 1 is 0.976 bits per heavy atom. The number of carbonyl (C=O) groups excluding carboxylic acids is 5. The lowest BCUT2D eigenvalue weighted by molar-refractivity contribution is -0.143. The second-order valence-electron chi connectivity index (χ2n) is 9.40. The molecule has 0 saturated carbocycles. The lowest BCUT2D eigenvalue weighted by atomic mass is 10.1. The average Bonchev–Trinajstić information content (AvgIpc) is 3.33. The van der Waals surface area contributed by atoms with E-state index in [1.54, 1.807) is 0 Å². The third-order valence-electron chi connectivity index (χ3n) is 6.16. The third-order valence-corrected chi connectivity index (χ3v) is 6.16. The van der Waals surface area contributed by atoms with Gasteiger partial charge >= 0.3 is 5.97 Å². The average molecular weight is 586 g/mol. The lowest BCUT2D eigenvalue weighted by Crippen LogP contribution is -2.55. The van der Waals surface area contributed by atoms with Gasteiger partial charge in [-0.3, -0.25) is 33.8 Å². The highest BCUT2D eigenvalue weighted by Gasteiger charge is 2.42. The molecule has 2 aliphatic heterocycles. The molecule has 230 valence electrons. The first-order valence-electron chi connectivity index (χ1n) is 13.1. The molecule has 4 atom stereocenters. The Labute approximate surface area is 236 Å². The van der Waals surface area contributed by atoms with E-state index in [1.165, 1.54) is 4.90 Å². The number of nitrogens with one attached hydrogen (secondary N) is 4. The van der Waals surface area contributed by atoms with Gasteiger partial charge in [-0.1, -0.05) is 0 Å². The zero-order valence-electron chi connectivity index (χ0n) is 22.6. The highest BCUT2D eigenvalue weighted by atomic mass is 16.5. The fraction of sp³-hybridized carbons (Fsp3) is 0.696. The molecule has 5 amide bonds. The summed E-state index contributed by atoms with van der Waals surface area (Å²) in [7, 11) is 0. The Morgan fingerprint density at radius 3 is 2.39 bits per heavy atom. The number of amides is 5. The number of nitrogens with two attached hydrogens (primary N) is 3. The van der Waals surface area contributed by atoms with E-state index in [-0.39, 0.29) is 51.7 Å². The summed E-state index contributed by atoms with van der Waals surface area (Å²) in [5.41, 5.74) is 16.0. The highest BCUT2D eigenvalue weighted by Crippen LogP contribution is 2.20. The van der Waals surface area contributed by atoms with Gasteiger partial charge in [-0.05, 0) is 19.3 Å². The standard InChI is InChI=1S/C23H39N9O9/c24-3-5-40-6-7-41-12-18(34)32-11-13-8-16(32)22(39)31-14(2-1-4-27-23(25)26)20(37)28-10-17(33)30-15(9-19(35)36)21(38)29-13/h13-16H,1-12,24H2,(H,28,37)(H,29,38)(H,30,33)(H,31,39)(H,35,36)(H4,25,26,27)/t13-,14-,15-,16-/m0/s1. The van der Waals surface area contributed by atoms with Gasteiger partial charge in [-0.25, -0.2) is 0 Å². The molecule has 0 spiro atoms. The van der Waals surface area contributed by atoms with Gasteiger partial charge in [0, 0.05) is 25.7 Å². The van der Waals surface area contributed by atoms with Crippen molar-refractivity contribution in [3.05, 3.63) is 0 Å². The van der Waals surface area contributed by atoms with E-state index in [0.29, 0.717) is 19.6 Å². The number of likely N-dealkylation sites (tertiary alicyclic amines) is 1. The number of hydrogen-bond acceptors (Lipinski definition) is 10. The molecule has 11 N–H and O–H groups in total. The number of carboxylic acids is 1.